The van der Waals surface area contributed by atoms with E-state index in [0.29, 0.717) is 42.8 Å². The molecule has 3 N–H and O–H groups in total. The number of ether oxygens (including phenoxy) is 1. The van der Waals surface area contributed by atoms with Crippen molar-refractivity contribution < 1.29 is 19.1 Å². The van der Waals surface area contributed by atoms with Gasteiger partial charge in [0.2, 0.25) is 0 Å². The van der Waals surface area contributed by atoms with Gasteiger partial charge in [-0.2, -0.15) is 0 Å². The molecule has 2 aromatic carbocycles. The summed E-state index contributed by atoms with van der Waals surface area (Å²) >= 11 is 0. The molecular weight excluding hydrogens is 431 g/mol. The number of rotatable bonds is 10. The number of benzene rings is 2. The van der Waals surface area contributed by atoms with E-state index in [9.17, 15) is 9.50 Å². The molecule has 0 fully saturated rings. The largest absolute Gasteiger partial charge is 0.513 e. The van der Waals surface area contributed by atoms with Gasteiger partial charge < -0.3 is 20.4 Å². The van der Waals surface area contributed by atoms with E-state index in [0.717, 1.165) is 11.1 Å². The molecule has 0 amide bonds. The molecule has 34 heavy (non-hydrogen) atoms. The Morgan fingerprint density at radius 3 is 2.68 bits per heavy atom. The van der Waals surface area contributed by atoms with Crippen LogP contribution in [0.1, 0.15) is 35.1 Å². The minimum absolute atomic E-state index is 0.0164. The molecule has 0 bridgehead atoms. The fourth-order valence-corrected chi connectivity index (χ4v) is 3.86. The Kier molecular flexibility index (Phi) is 8.44. The first-order valence-electron chi connectivity index (χ1n) is 11.1. The highest BCUT2D eigenvalue weighted by atomic mass is 19.1. The maximum atomic E-state index is 14.4. The zero-order valence-electron chi connectivity index (χ0n) is 19.7. The van der Waals surface area contributed by atoms with Gasteiger partial charge >= 0.3 is 0 Å². The summed E-state index contributed by atoms with van der Waals surface area (Å²) in [4.78, 5) is 5.52. The van der Waals surface area contributed by atoms with Crippen LogP contribution >= 0.6 is 0 Å². The monoisotopic (exact) mass is 462 g/mol. The van der Waals surface area contributed by atoms with Gasteiger partial charge in [0.1, 0.15) is 11.6 Å². The van der Waals surface area contributed by atoms with Crippen molar-refractivity contribution >= 4 is 11.4 Å². The first-order valence-corrected chi connectivity index (χ1v) is 11.1. The fourth-order valence-electron chi connectivity index (χ4n) is 3.86. The number of halogens is 1. The molecule has 0 radical (unpaired) electrons. The van der Waals surface area contributed by atoms with Gasteiger partial charge in [0, 0.05) is 25.0 Å². The summed E-state index contributed by atoms with van der Waals surface area (Å²) in [6, 6.07) is 12.8. The van der Waals surface area contributed by atoms with Crippen LogP contribution in [0, 0.1) is 18.7 Å². The lowest BCUT2D eigenvalue weighted by Gasteiger charge is -2.23. The van der Waals surface area contributed by atoms with Crippen LogP contribution < -0.4 is 5.73 Å². The second-order valence-corrected chi connectivity index (χ2v) is 8.31. The second kappa shape index (κ2) is 11.5. The smallest absolute Gasteiger partial charge is 0.170 e. The molecule has 1 aliphatic carbocycles. The molecule has 0 heterocycles. The van der Waals surface area contributed by atoms with Crippen molar-refractivity contribution in [3.63, 3.8) is 0 Å². The summed E-state index contributed by atoms with van der Waals surface area (Å²) in [5, 5.41) is 13.2. The maximum Gasteiger partial charge on any atom is 0.170 e. The van der Waals surface area contributed by atoms with Crippen molar-refractivity contribution in [1.29, 1.82) is 0 Å². The van der Waals surface area contributed by atoms with Crippen LogP contribution in [0.25, 0.3) is 5.57 Å². The molecule has 0 aromatic heterocycles. The third kappa shape index (κ3) is 6.23. The molecule has 1 aliphatic rings. The lowest BCUT2D eigenvalue weighted by atomic mass is 9.85. The van der Waals surface area contributed by atoms with Gasteiger partial charge in [0.15, 0.2) is 5.84 Å². The Balaban J connectivity index is 1.70. The molecule has 6 heteroatoms. The highest BCUT2D eigenvalue weighted by Gasteiger charge is 2.21. The van der Waals surface area contributed by atoms with Crippen LogP contribution in [0.15, 0.2) is 90.0 Å². The number of hydrogen-bond acceptors (Lipinski definition) is 4. The zero-order valence-corrected chi connectivity index (χ0v) is 19.7. The molecule has 3 rings (SSSR count). The summed E-state index contributed by atoms with van der Waals surface area (Å²) in [5.74, 6) is -0.0201. The third-order valence-corrected chi connectivity index (χ3v) is 5.77. The van der Waals surface area contributed by atoms with Gasteiger partial charge in [-0.1, -0.05) is 66.9 Å². The lowest BCUT2D eigenvalue weighted by Crippen LogP contribution is -2.16. The van der Waals surface area contributed by atoms with Gasteiger partial charge in [0.05, 0.1) is 12.4 Å². The summed E-state index contributed by atoms with van der Waals surface area (Å²) in [6.07, 6.45) is 5.59. The van der Waals surface area contributed by atoms with Gasteiger partial charge in [-0.05, 0) is 53.7 Å². The number of oxime groups is 1. The van der Waals surface area contributed by atoms with Gasteiger partial charge in [-0.3, -0.25) is 0 Å². The zero-order chi connectivity index (χ0) is 24.7. The Morgan fingerprint density at radius 1 is 1.24 bits per heavy atom. The van der Waals surface area contributed by atoms with Crippen molar-refractivity contribution in [2.45, 2.75) is 26.2 Å². The SMILES string of the molecule is C=C(O)CCc1ccc(/C(N)=N/OC(=C)C2C=C(COC)C(c3ccccc3C)=CC2)cc1F. The highest BCUT2D eigenvalue weighted by molar-refractivity contribution is 5.97. The van der Waals surface area contributed by atoms with E-state index in [1.807, 2.05) is 12.1 Å². The summed E-state index contributed by atoms with van der Waals surface area (Å²) in [7, 11) is 1.67. The number of aliphatic hydroxyl groups is 1. The maximum absolute atomic E-state index is 14.4. The Bertz CT molecular complexity index is 1160. The van der Waals surface area contributed by atoms with Crippen molar-refractivity contribution in [1.82, 2.24) is 0 Å². The Morgan fingerprint density at radius 2 is 2.00 bits per heavy atom. The number of nitrogens with two attached hydrogens (primary N) is 1. The number of nitrogens with zero attached hydrogens (tertiary/aromatic N) is 1. The average molecular weight is 463 g/mol. The fraction of sp³-hybridized carbons (Fsp3) is 0.250. The quantitative estimate of drug-likeness (QED) is 0.198. The summed E-state index contributed by atoms with van der Waals surface area (Å²) in [5.41, 5.74) is 11.5. The molecule has 1 atom stereocenters. The predicted molar refractivity (Wildman–Crippen MR) is 135 cm³/mol. The van der Waals surface area contributed by atoms with Gasteiger partial charge in [0.25, 0.3) is 0 Å². The molecule has 0 saturated heterocycles. The van der Waals surface area contributed by atoms with Gasteiger partial charge in [-0.25, -0.2) is 4.39 Å². The van der Waals surface area contributed by atoms with E-state index in [1.54, 1.807) is 19.2 Å². The van der Waals surface area contributed by atoms with E-state index in [-0.39, 0.29) is 17.5 Å². The van der Waals surface area contributed by atoms with Crippen molar-refractivity contribution in [3.8, 4) is 0 Å². The number of aliphatic hydroxyl groups excluding tert-OH is 1. The van der Waals surface area contributed by atoms with Crippen molar-refractivity contribution in [2.24, 2.45) is 16.8 Å². The van der Waals surface area contributed by atoms with Crippen molar-refractivity contribution in [2.75, 3.05) is 13.7 Å². The number of aryl methyl sites for hydroxylation is 2. The first kappa shape index (κ1) is 25.0. The van der Waals surface area contributed by atoms with E-state index in [4.69, 9.17) is 15.3 Å². The molecule has 0 saturated carbocycles. The van der Waals surface area contributed by atoms with E-state index >= 15 is 0 Å². The minimum Gasteiger partial charge on any atom is -0.513 e. The molecule has 2 aromatic rings. The summed E-state index contributed by atoms with van der Waals surface area (Å²) < 4.78 is 19.8. The van der Waals surface area contributed by atoms with Crippen molar-refractivity contribution in [3.05, 3.63) is 113 Å². The summed E-state index contributed by atoms with van der Waals surface area (Å²) in [6.45, 7) is 9.99. The Hall–Kier alpha value is -3.64. The van der Waals surface area contributed by atoms with E-state index < -0.39 is 5.82 Å². The van der Waals surface area contributed by atoms with Crippen LogP contribution in [0.2, 0.25) is 0 Å². The predicted octanol–water partition coefficient (Wildman–Crippen LogP) is 5.97. The molecule has 178 valence electrons. The minimum atomic E-state index is -0.427. The topological polar surface area (TPSA) is 77.1 Å². The molecular formula is C28H31FN2O3. The van der Waals surface area contributed by atoms with Crippen LogP contribution in [0.4, 0.5) is 4.39 Å². The average Bonchev–Trinajstić information content (AvgIpc) is 2.82. The number of methoxy groups -OCH3 is 1. The molecule has 1 unspecified atom stereocenters. The van der Waals surface area contributed by atoms with Crippen LogP contribution in [0.5, 0.6) is 0 Å². The molecule has 5 nitrogen and oxygen atoms in total. The van der Waals surface area contributed by atoms with Gasteiger partial charge in [-0.15, -0.1) is 0 Å². The lowest BCUT2D eigenvalue weighted by molar-refractivity contribution is 0.199. The number of hydrogen-bond donors (Lipinski definition) is 2. The van der Waals surface area contributed by atoms with E-state index in [1.165, 1.54) is 17.2 Å². The highest BCUT2D eigenvalue weighted by Crippen LogP contribution is 2.35. The number of amidine groups is 1. The standard InChI is InChI=1S/C28H31FN2O3/c1-18-7-5-6-8-25(18)26-14-13-22(15-24(26)17-33-4)20(3)34-31-28(30)23-12-11-21(27(29)16-23)10-9-19(2)32/h5-8,11-12,14-16,22,32H,2-3,9-10,13,17H2,1,4H3,(H2,30,31). The van der Waals surface area contributed by atoms with Crippen LogP contribution in [-0.4, -0.2) is 24.7 Å². The second-order valence-electron chi connectivity index (χ2n) is 8.31. The Labute approximate surface area is 200 Å². The van der Waals surface area contributed by atoms with Crippen LogP contribution in [-0.2, 0) is 16.0 Å². The van der Waals surface area contributed by atoms with E-state index in [2.05, 4.69) is 49.5 Å². The van der Waals surface area contributed by atoms with Crippen LogP contribution in [0.3, 0.4) is 0 Å². The molecule has 0 aliphatic heterocycles. The molecule has 0 spiro atoms. The third-order valence-electron chi connectivity index (χ3n) is 5.77. The normalized spacial score (nSPS) is 16.0. The number of allylic oxidation sites excluding steroid dienone is 3. The first-order chi connectivity index (χ1) is 16.3.